The van der Waals surface area contributed by atoms with Crippen molar-refractivity contribution in [3.63, 3.8) is 0 Å². The number of aromatic nitrogens is 5. The van der Waals surface area contributed by atoms with Gasteiger partial charge in [0.2, 0.25) is 0 Å². The predicted octanol–water partition coefficient (Wildman–Crippen LogP) is 4.53. The van der Waals surface area contributed by atoms with Crippen LogP contribution in [0.25, 0.3) is 33.5 Å². The zero-order valence-electron chi connectivity index (χ0n) is 15.8. The highest BCUT2D eigenvalue weighted by Crippen LogP contribution is 2.29. The molecule has 0 unspecified atom stereocenters. The van der Waals surface area contributed by atoms with Gasteiger partial charge < -0.3 is 9.73 Å². The second kappa shape index (κ2) is 6.16. The first-order valence-corrected chi connectivity index (χ1v) is 8.99. The summed E-state index contributed by atoms with van der Waals surface area (Å²) in [6.45, 7) is 3.80. The Morgan fingerprint density at radius 2 is 1.79 bits per heavy atom. The average molecular weight is 370 g/mol. The number of benzene rings is 2. The molecule has 0 amide bonds. The molecule has 0 bridgehead atoms. The molecule has 0 atom stereocenters. The lowest BCUT2D eigenvalue weighted by molar-refractivity contribution is 0.561. The van der Waals surface area contributed by atoms with E-state index in [1.165, 1.54) is 0 Å². The van der Waals surface area contributed by atoms with Crippen molar-refractivity contribution in [3.05, 3.63) is 60.1 Å². The van der Waals surface area contributed by atoms with Crippen molar-refractivity contribution in [2.24, 2.45) is 7.05 Å². The highest BCUT2D eigenvalue weighted by molar-refractivity contribution is 5.91. The number of nitrogens with zero attached hydrogens (tertiary/aromatic N) is 5. The van der Waals surface area contributed by atoms with Crippen LogP contribution in [0.4, 0.5) is 11.5 Å². The van der Waals surface area contributed by atoms with Gasteiger partial charge in [-0.15, -0.1) is 0 Å². The molecule has 0 aliphatic carbocycles. The topological polar surface area (TPSA) is 81.7 Å². The summed E-state index contributed by atoms with van der Waals surface area (Å²) in [6, 6.07) is 15.7. The Balaban J connectivity index is 1.67. The number of rotatable bonds is 3. The largest absolute Gasteiger partial charge is 0.441 e. The van der Waals surface area contributed by atoms with E-state index in [1.54, 1.807) is 4.68 Å². The van der Waals surface area contributed by atoms with E-state index in [9.17, 15) is 0 Å². The number of aryl methyl sites for hydroxylation is 3. The van der Waals surface area contributed by atoms with E-state index in [1.807, 2.05) is 69.4 Å². The standard InChI is InChI=1S/C21H18N6O/c1-12-18-19(27(3)26-12)21(25-20(24-18)14-7-5-4-6-8-14)23-15-9-10-17-16(11-15)22-13(2)28-17/h4-11H,1-3H3,(H,23,24,25). The molecule has 5 aromatic rings. The molecule has 0 fully saturated rings. The summed E-state index contributed by atoms with van der Waals surface area (Å²) in [5.74, 6) is 2.00. The van der Waals surface area contributed by atoms with E-state index in [4.69, 9.17) is 14.4 Å². The van der Waals surface area contributed by atoms with Gasteiger partial charge in [0.25, 0.3) is 0 Å². The Kier molecular flexibility index (Phi) is 3.61. The highest BCUT2D eigenvalue weighted by Gasteiger charge is 2.16. The van der Waals surface area contributed by atoms with Crippen molar-refractivity contribution in [2.75, 3.05) is 5.32 Å². The van der Waals surface area contributed by atoms with Crippen LogP contribution in [0.5, 0.6) is 0 Å². The molecule has 138 valence electrons. The van der Waals surface area contributed by atoms with Crippen LogP contribution in [0.2, 0.25) is 0 Å². The molecule has 0 saturated carbocycles. The monoisotopic (exact) mass is 370 g/mol. The maximum Gasteiger partial charge on any atom is 0.192 e. The molecule has 0 radical (unpaired) electrons. The summed E-state index contributed by atoms with van der Waals surface area (Å²) in [5, 5.41) is 7.95. The van der Waals surface area contributed by atoms with Crippen molar-refractivity contribution < 1.29 is 4.42 Å². The summed E-state index contributed by atoms with van der Waals surface area (Å²) in [5.41, 5.74) is 5.94. The van der Waals surface area contributed by atoms with Gasteiger partial charge in [-0.1, -0.05) is 30.3 Å². The van der Waals surface area contributed by atoms with E-state index in [-0.39, 0.29) is 0 Å². The van der Waals surface area contributed by atoms with Crippen LogP contribution in [-0.2, 0) is 7.05 Å². The molecule has 7 heteroatoms. The fourth-order valence-electron chi connectivity index (χ4n) is 3.40. The molecular weight excluding hydrogens is 352 g/mol. The van der Waals surface area contributed by atoms with Gasteiger partial charge in [0, 0.05) is 25.2 Å². The van der Waals surface area contributed by atoms with E-state index in [0.717, 1.165) is 39.1 Å². The van der Waals surface area contributed by atoms with Crippen molar-refractivity contribution in [1.29, 1.82) is 0 Å². The van der Waals surface area contributed by atoms with Crippen LogP contribution in [0.3, 0.4) is 0 Å². The first kappa shape index (κ1) is 16.4. The Morgan fingerprint density at radius 1 is 0.964 bits per heavy atom. The maximum atomic E-state index is 5.56. The minimum atomic E-state index is 0.644. The zero-order valence-corrected chi connectivity index (χ0v) is 15.8. The van der Waals surface area contributed by atoms with Crippen molar-refractivity contribution in [2.45, 2.75) is 13.8 Å². The Labute approximate surface area is 161 Å². The second-order valence-electron chi connectivity index (χ2n) is 6.71. The Hall–Kier alpha value is -3.74. The Bertz CT molecular complexity index is 1320. The van der Waals surface area contributed by atoms with E-state index < -0.39 is 0 Å². The van der Waals surface area contributed by atoms with Crippen molar-refractivity contribution in [1.82, 2.24) is 24.7 Å². The summed E-state index contributed by atoms with van der Waals surface area (Å²) < 4.78 is 7.37. The molecule has 2 aromatic carbocycles. The lowest BCUT2D eigenvalue weighted by Gasteiger charge is -2.10. The van der Waals surface area contributed by atoms with Gasteiger partial charge in [-0.2, -0.15) is 5.10 Å². The third-order valence-corrected chi connectivity index (χ3v) is 4.64. The number of hydrogen-bond donors (Lipinski definition) is 1. The lowest BCUT2D eigenvalue weighted by Crippen LogP contribution is -2.02. The zero-order chi connectivity index (χ0) is 19.3. The fourth-order valence-corrected chi connectivity index (χ4v) is 3.40. The molecule has 7 nitrogen and oxygen atoms in total. The summed E-state index contributed by atoms with van der Waals surface area (Å²) in [7, 11) is 1.90. The minimum Gasteiger partial charge on any atom is -0.441 e. The van der Waals surface area contributed by atoms with Crippen LogP contribution in [0, 0.1) is 13.8 Å². The lowest BCUT2D eigenvalue weighted by atomic mass is 10.2. The predicted molar refractivity (Wildman–Crippen MR) is 109 cm³/mol. The van der Waals surface area contributed by atoms with Gasteiger partial charge in [-0.3, -0.25) is 4.68 Å². The number of oxazole rings is 1. The molecule has 0 aliphatic heterocycles. The first-order chi connectivity index (χ1) is 13.6. The van der Waals surface area contributed by atoms with Gasteiger partial charge in [0.15, 0.2) is 23.1 Å². The highest BCUT2D eigenvalue weighted by atomic mass is 16.3. The van der Waals surface area contributed by atoms with Crippen LogP contribution in [-0.4, -0.2) is 24.7 Å². The summed E-state index contributed by atoms with van der Waals surface area (Å²) in [6.07, 6.45) is 0. The third-order valence-electron chi connectivity index (χ3n) is 4.64. The number of fused-ring (bicyclic) bond motifs is 2. The fraction of sp³-hybridized carbons (Fsp3) is 0.143. The van der Waals surface area contributed by atoms with Crippen LogP contribution in [0.15, 0.2) is 52.9 Å². The van der Waals surface area contributed by atoms with Crippen LogP contribution in [0.1, 0.15) is 11.6 Å². The van der Waals surface area contributed by atoms with Gasteiger partial charge in [0.1, 0.15) is 16.6 Å². The number of hydrogen-bond acceptors (Lipinski definition) is 6. The smallest absolute Gasteiger partial charge is 0.192 e. The normalized spacial score (nSPS) is 11.4. The summed E-state index contributed by atoms with van der Waals surface area (Å²) >= 11 is 0. The molecule has 28 heavy (non-hydrogen) atoms. The van der Waals surface area contributed by atoms with Gasteiger partial charge in [-0.25, -0.2) is 15.0 Å². The third kappa shape index (κ3) is 2.68. The first-order valence-electron chi connectivity index (χ1n) is 8.99. The molecule has 0 spiro atoms. The van der Waals surface area contributed by atoms with E-state index >= 15 is 0 Å². The Morgan fingerprint density at radius 3 is 2.61 bits per heavy atom. The SMILES string of the molecule is Cc1nc2cc(Nc3nc(-c4ccccc4)nc4c(C)nn(C)c34)ccc2o1. The van der Waals surface area contributed by atoms with E-state index in [0.29, 0.717) is 17.5 Å². The molecule has 5 rings (SSSR count). The minimum absolute atomic E-state index is 0.644. The van der Waals surface area contributed by atoms with Gasteiger partial charge in [-0.05, 0) is 25.1 Å². The summed E-state index contributed by atoms with van der Waals surface area (Å²) in [4.78, 5) is 14.0. The molecule has 0 aliphatic rings. The number of nitrogens with one attached hydrogen (secondary N) is 1. The van der Waals surface area contributed by atoms with Crippen LogP contribution >= 0.6 is 0 Å². The average Bonchev–Trinajstić information content (AvgIpc) is 3.20. The van der Waals surface area contributed by atoms with Crippen LogP contribution < -0.4 is 5.32 Å². The molecule has 1 N–H and O–H groups in total. The molecule has 3 aromatic heterocycles. The van der Waals surface area contributed by atoms with Crippen molar-refractivity contribution >= 4 is 33.6 Å². The second-order valence-corrected chi connectivity index (χ2v) is 6.71. The molecular formula is C21H18N6O. The van der Waals surface area contributed by atoms with Gasteiger partial charge >= 0.3 is 0 Å². The van der Waals surface area contributed by atoms with Crippen molar-refractivity contribution in [3.8, 4) is 11.4 Å². The maximum absolute atomic E-state index is 5.56. The quantitative estimate of drug-likeness (QED) is 0.502. The number of anilines is 2. The van der Waals surface area contributed by atoms with Gasteiger partial charge in [0.05, 0.1) is 5.69 Å². The van der Waals surface area contributed by atoms with E-state index in [2.05, 4.69) is 15.4 Å². The molecule has 0 saturated heterocycles. The molecule has 3 heterocycles.